The van der Waals surface area contributed by atoms with Gasteiger partial charge in [-0.1, -0.05) is 19.3 Å². The molecule has 132 valence electrons. The molecule has 1 aromatic heterocycles. The van der Waals surface area contributed by atoms with Crippen molar-refractivity contribution in [3.8, 4) is 0 Å². The number of carbonyl (C=O) groups is 1. The molecular formula is C19H28N2O3. The number of nitrogens with zero attached hydrogens (tertiary/aromatic N) is 2. The van der Waals surface area contributed by atoms with Crippen LogP contribution in [-0.2, 0) is 11.3 Å². The van der Waals surface area contributed by atoms with Gasteiger partial charge in [-0.3, -0.25) is 9.59 Å². The van der Waals surface area contributed by atoms with Crippen molar-refractivity contribution in [3.63, 3.8) is 0 Å². The van der Waals surface area contributed by atoms with Gasteiger partial charge in [0.15, 0.2) is 0 Å². The van der Waals surface area contributed by atoms with Crippen molar-refractivity contribution in [2.45, 2.75) is 64.5 Å². The number of hydrogen-bond donors (Lipinski definition) is 0. The monoisotopic (exact) mass is 332 g/mol. The average Bonchev–Trinajstić information content (AvgIpc) is 3.03. The maximum absolute atomic E-state index is 13.0. The largest absolute Gasteiger partial charge is 0.376 e. The van der Waals surface area contributed by atoms with E-state index in [4.69, 9.17) is 4.74 Å². The molecule has 1 amide bonds. The van der Waals surface area contributed by atoms with Crippen LogP contribution in [0.4, 0.5) is 0 Å². The van der Waals surface area contributed by atoms with E-state index in [9.17, 15) is 9.59 Å². The number of rotatable bonds is 3. The van der Waals surface area contributed by atoms with Crippen LogP contribution in [-0.4, -0.2) is 41.2 Å². The highest BCUT2D eigenvalue weighted by atomic mass is 16.5. The number of aromatic nitrogens is 1. The van der Waals surface area contributed by atoms with Crippen molar-refractivity contribution in [2.75, 3.05) is 19.7 Å². The van der Waals surface area contributed by atoms with Gasteiger partial charge in [0.25, 0.3) is 11.5 Å². The van der Waals surface area contributed by atoms with E-state index in [0.29, 0.717) is 12.1 Å². The molecule has 0 saturated carbocycles. The molecule has 1 unspecified atom stereocenters. The Morgan fingerprint density at radius 1 is 1.17 bits per heavy atom. The summed E-state index contributed by atoms with van der Waals surface area (Å²) in [6, 6.07) is 1.88. The molecule has 5 heteroatoms. The molecule has 0 spiro atoms. The molecule has 2 aliphatic heterocycles. The van der Waals surface area contributed by atoms with Gasteiger partial charge in [-0.2, -0.15) is 0 Å². The third kappa shape index (κ3) is 3.89. The Morgan fingerprint density at radius 2 is 1.88 bits per heavy atom. The fraction of sp³-hybridized carbons (Fsp3) is 0.684. The molecule has 1 aromatic rings. The normalized spacial score (nSPS) is 22.2. The van der Waals surface area contributed by atoms with Crippen LogP contribution in [0.2, 0.25) is 0 Å². The van der Waals surface area contributed by atoms with E-state index < -0.39 is 0 Å². The van der Waals surface area contributed by atoms with E-state index in [1.807, 2.05) is 17.9 Å². The summed E-state index contributed by atoms with van der Waals surface area (Å²) in [6.07, 6.45) is 9.56. The summed E-state index contributed by atoms with van der Waals surface area (Å²) < 4.78 is 7.29. The molecular weight excluding hydrogens is 304 g/mol. The van der Waals surface area contributed by atoms with Crippen LogP contribution in [0.3, 0.4) is 0 Å². The van der Waals surface area contributed by atoms with Crippen molar-refractivity contribution in [1.82, 2.24) is 9.47 Å². The lowest BCUT2D eigenvalue weighted by atomic mass is 10.1. The number of pyridine rings is 1. The van der Waals surface area contributed by atoms with Crippen LogP contribution in [0.1, 0.15) is 60.9 Å². The predicted molar refractivity (Wildman–Crippen MR) is 93.4 cm³/mol. The van der Waals surface area contributed by atoms with Gasteiger partial charge >= 0.3 is 0 Å². The first kappa shape index (κ1) is 17.2. The van der Waals surface area contributed by atoms with E-state index >= 15 is 0 Å². The first-order valence-corrected chi connectivity index (χ1v) is 9.28. The highest BCUT2D eigenvalue weighted by molar-refractivity contribution is 5.95. The number of ether oxygens (including phenoxy) is 1. The summed E-state index contributed by atoms with van der Waals surface area (Å²) in [5.41, 5.74) is 0.948. The van der Waals surface area contributed by atoms with E-state index in [0.717, 1.165) is 50.9 Å². The van der Waals surface area contributed by atoms with Gasteiger partial charge in [0.1, 0.15) is 5.56 Å². The van der Waals surface area contributed by atoms with Crippen molar-refractivity contribution < 1.29 is 9.53 Å². The van der Waals surface area contributed by atoms with Crippen LogP contribution in [0, 0.1) is 6.92 Å². The molecule has 5 nitrogen and oxygen atoms in total. The lowest BCUT2D eigenvalue weighted by Crippen LogP contribution is -2.39. The van der Waals surface area contributed by atoms with Crippen LogP contribution < -0.4 is 5.56 Å². The molecule has 2 aliphatic rings. The van der Waals surface area contributed by atoms with Crippen LogP contribution in [0.15, 0.2) is 17.1 Å². The molecule has 1 atom stereocenters. The highest BCUT2D eigenvalue weighted by Gasteiger charge is 2.24. The topological polar surface area (TPSA) is 51.5 Å². The Kier molecular flexibility index (Phi) is 5.72. The second-order valence-corrected chi connectivity index (χ2v) is 7.03. The third-order valence-electron chi connectivity index (χ3n) is 5.16. The molecule has 2 fully saturated rings. The van der Waals surface area contributed by atoms with Gasteiger partial charge in [0.05, 0.1) is 12.6 Å². The minimum atomic E-state index is -0.169. The first-order valence-electron chi connectivity index (χ1n) is 9.28. The van der Waals surface area contributed by atoms with Gasteiger partial charge in [0.2, 0.25) is 0 Å². The van der Waals surface area contributed by atoms with E-state index in [1.165, 1.54) is 19.3 Å². The molecule has 3 heterocycles. The van der Waals surface area contributed by atoms with Crippen molar-refractivity contribution >= 4 is 5.91 Å². The zero-order chi connectivity index (χ0) is 16.9. The molecule has 2 saturated heterocycles. The minimum absolute atomic E-state index is 0.0926. The van der Waals surface area contributed by atoms with Gasteiger partial charge < -0.3 is 14.2 Å². The fourth-order valence-corrected chi connectivity index (χ4v) is 3.69. The fourth-order valence-electron chi connectivity index (χ4n) is 3.69. The smallest absolute Gasteiger partial charge is 0.263 e. The molecule has 0 bridgehead atoms. The summed E-state index contributed by atoms with van der Waals surface area (Å²) in [5.74, 6) is -0.0962. The average molecular weight is 332 g/mol. The van der Waals surface area contributed by atoms with Crippen LogP contribution in [0.25, 0.3) is 0 Å². The molecule has 24 heavy (non-hydrogen) atoms. The van der Waals surface area contributed by atoms with E-state index in [1.54, 1.807) is 10.8 Å². The van der Waals surface area contributed by atoms with Gasteiger partial charge in [-0.05, 0) is 44.2 Å². The maximum atomic E-state index is 13.0. The van der Waals surface area contributed by atoms with E-state index in [2.05, 4.69) is 0 Å². The zero-order valence-electron chi connectivity index (χ0n) is 14.6. The SMILES string of the molecule is Cc1ccn(CC2CCCO2)c(=O)c1C(=O)N1CCCCCCC1. The highest BCUT2D eigenvalue weighted by Crippen LogP contribution is 2.16. The lowest BCUT2D eigenvalue weighted by molar-refractivity contribution is 0.0736. The summed E-state index contributed by atoms with van der Waals surface area (Å²) >= 11 is 0. The van der Waals surface area contributed by atoms with Gasteiger partial charge in [0, 0.05) is 25.9 Å². The van der Waals surface area contributed by atoms with Gasteiger partial charge in [-0.25, -0.2) is 0 Å². The van der Waals surface area contributed by atoms with Crippen LogP contribution >= 0.6 is 0 Å². The van der Waals surface area contributed by atoms with Crippen molar-refractivity contribution in [2.24, 2.45) is 0 Å². The van der Waals surface area contributed by atoms with E-state index in [-0.39, 0.29) is 17.6 Å². The Balaban J connectivity index is 1.82. The summed E-state index contributed by atoms with van der Waals surface area (Å²) in [7, 11) is 0. The Labute approximate surface area is 143 Å². The number of aryl methyl sites for hydroxylation is 1. The summed E-state index contributed by atoms with van der Waals surface area (Å²) in [6.45, 7) is 4.69. The first-order chi connectivity index (χ1) is 11.7. The molecule has 0 radical (unpaired) electrons. The second kappa shape index (κ2) is 7.97. The van der Waals surface area contributed by atoms with Gasteiger partial charge in [-0.15, -0.1) is 0 Å². The Hall–Kier alpha value is -1.62. The van der Waals surface area contributed by atoms with Crippen LogP contribution in [0.5, 0.6) is 0 Å². The van der Waals surface area contributed by atoms with Crippen molar-refractivity contribution in [1.29, 1.82) is 0 Å². The lowest BCUT2D eigenvalue weighted by Gasteiger charge is -2.25. The molecule has 0 N–H and O–H groups in total. The zero-order valence-corrected chi connectivity index (χ0v) is 14.6. The number of amides is 1. The standard InChI is InChI=1S/C19H28N2O3/c1-15-9-12-21(14-16-8-7-13-24-16)19(23)17(15)18(22)20-10-5-3-2-4-6-11-20/h9,12,16H,2-8,10-11,13-14H2,1H3. The summed E-state index contributed by atoms with van der Waals surface area (Å²) in [4.78, 5) is 27.7. The Bertz CT molecular complexity index is 624. The minimum Gasteiger partial charge on any atom is -0.376 e. The predicted octanol–water partition coefficient (Wildman–Crippen LogP) is 2.74. The molecule has 0 aliphatic carbocycles. The number of hydrogen-bond acceptors (Lipinski definition) is 3. The molecule has 3 rings (SSSR count). The number of likely N-dealkylation sites (tertiary alicyclic amines) is 1. The maximum Gasteiger partial charge on any atom is 0.263 e. The Morgan fingerprint density at radius 3 is 2.54 bits per heavy atom. The van der Waals surface area contributed by atoms with Crippen molar-refractivity contribution in [3.05, 3.63) is 33.7 Å². The second-order valence-electron chi connectivity index (χ2n) is 7.03. The third-order valence-corrected chi connectivity index (χ3v) is 5.16. The summed E-state index contributed by atoms with van der Waals surface area (Å²) in [5, 5.41) is 0. The quantitative estimate of drug-likeness (QED) is 0.855. The number of carbonyl (C=O) groups excluding carboxylic acids is 1. The molecule has 0 aromatic carbocycles.